The van der Waals surface area contributed by atoms with Crippen LogP contribution in [-0.4, -0.2) is 29.8 Å². The lowest BCUT2D eigenvalue weighted by molar-refractivity contribution is -0.140. The zero-order valence-electron chi connectivity index (χ0n) is 15.4. The van der Waals surface area contributed by atoms with Gasteiger partial charge in [0.2, 0.25) is 11.8 Å². The fourth-order valence-corrected chi connectivity index (χ4v) is 3.79. The van der Waals surface area contributed by atoms with Gasteiger partial charge in [-0.1, -0.05) is 65.5 Å². The van der Waals surface area contributed by atoms with Gasteiger partial charge < -0.3 is 10.2 Å². The monoisotopic (exact) mass is 460 g/mol. The Labute approximate surface area is 184 Å². The zero-order valence-corrected chi connectivity index (χ0v) is 18.5. The number of hydrogen-bond acceptors (Lipinski definition) is 2. The predicted octanol–water partition coefficient (Wildman–Crippen LogP) is 5.40. The summed E-state index contributed by atoms with van der Waals surface area (Å²) in [5, 5.41) is 4.43. The van der Waals surface area contributed by atoms with Crippen molar-refractivity contribution in [3.8, 4) is 0 Å². The smallest absolute Gasteiger partial charge is 0.242 e. The van der Waals surface area contributed by atoms with E-state index in [1.54, 1.807) is 43.4 Å². The van der Waals surface area contributed by atoms with Gasteiger partial charge in [-0.05, 0) is 41.8 Å². The minimum atomic E-state index is -0.643. The molecule has 1 atom stereocenters. The average Bonchev–Trinajstić information content (AvgIpc) is 2.65. The van der Waals surface area contributed by atoms with E-state index in [0.717, 1.165) is 0 Å². The second-order valence-corrected chi connectivity index (χ2v) is 7.90. The number of nitrogens with zero attached hydrogens (tertiary/aromatic N) is 1. The van der Waals surface area contributed by atoms with Crippen LogP contribution in [0.1, 0.15) is 24.5 Å². The molecule has 1 N–H and O–H groups in total. The molecule has 0 aliphatic heterocycles. The average molecular weight is 462 g/mol. The Kier molecular flexibility index (Phi) is 8.44. The van der Waals surface area contributed by atoms with Crippen molar-refractivity contribution in [2.24, 2.45) is 0 Å². The van der Waals surface area contributed by atoms with Crippen molar-refractivity contribution in [3.63, 3.8) is 0 Å². The van der Waals surface area contributed by atoms with Crippen molar-refractivity contribution in [3.05, 3.63) is 67.6 Å². The standard InChI is InChI=1S/C20H20Cl4N2O2/c1-3-18(20(28)25-2)26(11-13-5-7-15(22)10-17(13)24)19(27)8-12-4-6-14(21)9-16(12)23/h4-7,9-10,18H,3,8,11H2,1-2H3,(H,25,28). The van der Waals surface area contributed by atoms with Gasteiger partial charge in [0.05, 0.1) is 6.42 Å². The topological polar surface area (TPSA) is 49.4 Å². The third kappa shape index (κ3) is 5.77. The quantitative estimate of drug-likeness (QED) is 0.600. The molecule has 0 radical (unpaired) electrons. The normalized spacial score (nSPS) is 11.8. The van der Waals surface area contributed by atoms with E-state index in [0.29, 0.717) is 37.6 Å². The first-order chi connectivity index (χ1) is 13.3. The first-order valence-corrected chi connectivity index (χ1v) is 10.2. The van der Waals surface area contributed by atoms with Crippen LogP contribution in [0.15, 0.2) is 36.4 Å². The third-order valence-electron chi connectivity index (χ3n) is 4.34. The Balaban J connectivity index is 2.35. The summed E-state index contributed by atoms with van der Waals surface area (Å²) >= 11 is 24.4. The molecule has 150 valence electrons. The number of benzene rings is 2. The summed E-state index contributed by atoms with van der Waals surface area (Å²) in [7, 11) is 1.54. The lowest BCUT2D eigenvalue weighted by Crippen LogP contribution is -2.48. The van der Waals surface area contributed by atoms with Crippen molar-refractivity contribution < 1.29 is 9.59 Å². The summed E-state index contributed by atoms with van der Waals surface area (Å²) in [5.41, 5.74) is 1.33. The van der Waals surface area contributed by atoms with Crippen molar-refractivity contribution in [1.29, 1.82) is 0 Å². The van der Waals surface area contributed by atoms with Crippen LogP contribution in [0.3, 0.4) is 0 Å². The van der Waals surface area contributed by atoms with Gasteiger partial charge in [0, 0.05) is 33.7 Å². The molecule has 0 aliphatic carbocycles. The highest BCUT2D eigenvalue weighted by atomic mass is 35.5. The van der Waals surface area contributed by atoms with E-state index in [2.05, 4.69) is 5.32 Å². The van der Waals surface area contributed by atoms with E-state index in [9.17, 15) is 9.59 Å². The molecule has 0 saturated carbocycles. The van der Waals surface area contributed by atoms with E-state index < -0.39 is 6.04 Å². The van der Waals surface area contributed by atoms with E-state index in [1.165, 1.54) is 4.90 Å². The highest BCUT2D eigenvalue weighted by Gasteiger charge is 2.28. The number of likely N-dealkylation sites (N-methyl/N-ethyl adjacent to an activating group) is 1. The molecule has 0 aliphatic rings. The number of nitrogens with one attached hydrogen (secondary N) is 1. The molecule has 2 rings (SSSR count). The minimum absolute atomic E-state index is 0.0364. The van der Waals surface area contributed by atoms with Crippen LogP contribution in [0, 0.1) is 0 Å². The highest BCUT2D eigenvalue weighted by Crippen LogP contribution is 2.26. The number of amides is 2. The number of carbonyl (C=O) groups excluding carboxylic acids is 2. The van der Waals surface area contributed by atoms with E-state index in [1.807, 2.05) is 6.92 Å². The molecular weight excluding hydrogens is 442 g/mol. The van der Waals surface area contributed by atoms with Crippen LogP contribution in [-0.2, 0) is 22.6 Å². The lowest BCUT2D eigenvalue weighted by Gasteiger charge is -2.30. The van der Waals surface area contributed by atoms with Gasteiger partial charge in [-0.2, -0.15) is 0 Å². The summed E-state index contributed by atoms with van der Waals surface area (Å²) in [6.07, 6.45) is 0.486. The van der Waals surface area contributed by atoms with Crippen molar-refractivity contribution in [1.82, 2.24) is 10.2 Å². The maximum absolute atomic E-state index is 13.1. The molecular formula is C20H20Cl4N2O2. The number of hydrogen-bond donors (Lipinski definition) is 1. The summed E-state index contributed by atoms with van der Waals surface area (Å²) < 4.78 is 0. The Morgan fingerprint density at radius 2 is 1.50 bits per heavy atom. The molecule has 0 aromatic heterocycles. The molecule has 8 heteroatoms. The number of halogens is 4. The molecule has 1 unspecified atom stereocenters. The minimum Gasteiger partial charge on any atom is -0.357 e. The molecule has 0 bridgehead atoms. The predicted molar refractivity (Wildman–Crippen MR) is 115 cm³/mol. The number of carbonyl (C=O) groups is 2. The Bertz CT molecular complexity index is 873. The second-order valence-electron chi connectivity index (χ2n) is 6.21. The van der Waals surface area contributed by atoms with Crippen LogP contribution < -0.4 is 5.32 Å². The lowest BCUT2D eigenvalue weighted by atomic mass is 10.1. The Morgan fingerprint density at radius 3 is 1.96 bits per heavy atom. The fraction of sp³-hybridized carbons (Fsp3) is 0.300. The first-order valence-electron chi connectivity index (χ1n) is 8.65. The molecule has 0 saturated heterocycles. The van der Waals surface area contributed by atoms with E-state index >= 15 is 0 Å². The fourth-order valence-electron chi connectivity index (χ4n) is 2.85. The first kappa shape index (κ1) is 22.8. The van der Waals surface area contributed by atoms with E-state index in [-0.39, 0.29) is 24.8 Å². The van der Waals surface area contributed by atoms with Gasteiger partial charge in [0.1, 0.15) is 6.04 Å². The SMILES string of the molecule is CCC(C(=O)NC)N(Cc1ccc(Cl)cc1Cl)C(=O)Cc1ccc(Cl)cc1Cl. The molecule has 0 spiro atoms. The highest BCUT2D eigenvalue weighted by molar-refractivity contribution is 6.35. The van der Waals surface area contributed by atoms with Gasteiger partial charge in [-0.25, -0.2) is 0 Å². The summed E-state index contributed by atoms with van der Waals surface area (Å²) in [6.45, 7) is 2.02. The summed E-state index contributed by atoms with van der Waals surface area (Å²) in [5.74, 6) is -0.492. The Hall–Kier alpha value is -1.46. The molecule has 0 fully saturated rings. The molecule has 4 nitrogen and oxygen atoms in total. The van der Waals surface area contributed by atoms with Gasteiger partial charge in [0.15, 0.2) is 0 Å². The molecule has 0 heterocycles. The van der Waals surface area contributed by atoms with Crippen LogP contribution in [0.25, 0.3) is 0 Å². The van der Waals surface area contributed by atoms with Crippen molar-refractivity contribution >= 4 is 58.2 Å². The summed E-state index contributed by atoms with van der Waals surface area (Å²) in [4.78, 5) is 27.0. The van der Waals surface area contributed by atoms with Crippen molar-refractivity contribution in [2.75, 3.05) is 7.05 Å². The van der Waals surface area contributed by atoms with Gasteiger partial charge in [-0.15, -0.1) is 0 Å². The molecule has 2 aromatic carbocycles. The Morgan fingerprint density at radius 1 is 0.964 bits per heavy atom. The zero-order chi connectivity index (χ0) is 20.8. The largest absolute Gasteiger partial charge is 0.357 e. The molecule has 2 amide bonds. The second kappa shape index (κ2) is 10.4. The van der Waals surface area contributed by atoms with Gasteiger partial charge in [-0.3, -0.25) is 9.59 Å². The maximum atomic E-state index is 13.1. The van der Waals surface area contributed by atoms with Gasteiger partial charge >= 0.3 is 0 Å². The maximum Gasteiger partial charge on any atom is 0.242 e. The third-order valence-corrected chi connectivity index (χ3v) is 5.52. The van der Waals surface area contributed by atoms with Crippen molar-refractivity contribution in [2.45, 2.75) is 32.4 Å². The molecule has 28 heavy (non-hydrogen) atoms. The van der Waals surface area contributed by atoms with Crippen LogP contribution in [0.4, 0.5) is 0 Å². The van der Waals surface area contributed by atoms with Crippen LogP contribution in [0.5, 0.6) is 0 Å². The van der Waals surface area contributed by atoms with Gasteiger partial charge in [0.25, 0.3) is 0 Å². The number of rotatable bonds is 7. The van der Waals surface area contributed by atoms with Crippen LogP contribution >= 0.6 is 46.4 Å². The summed E-state index contributed by atoms with van der Waals surface area (Å²) in [6, 6.07) is 9.37. The van der Waals surface area contributed by atoms with E-state index in [4.69, 9.17) is 46.4 Å². The van der Waals surface area contributed by atoms with Crippen LogP contribution in [0.2, 0.25) is 20.1 Å². The molecule has 2 aromatic rings.